The highest BCUT2D eigenvalue weighted by molar-refractivity contribution is 5.85. The van der Waals surface area contributed by atoms with Crippen molar-refractivity contribution in [2.24, 2.45) is 11.7 Å². The molecule has 0 aliphatic heterocycles. The fourth-order valence-corrected chi connectivity index (χ4v) is 1.59. The SMILES string of the molecule is Cc1cc(CC(=O)N(C)CCC(N)C(C)C)no1.Cl. The lowest BCUT2D eigenvalue weighted by molar-refractivity contribution is -0.129. The van der Waals surface area contributed by atoms with Crippen LogP contribution in [0.25, 0.3) is 0 Å². The molecule has 0 saturated heterocycles. The molecule has 0 aliphatic rings. The van der Waals surface area contributed by atoms with E-state index >= 15 is 0 Å². The minimum atomic E-state index is 0. The summed E-state index contributed by atoms with van der Waals surface area (Å²) in [5.41, 5.74) is 6.63. The first-order chi connectivity index (χ1) is 8.40. The molecule has 0 radical (unpaired) electrons. The molecular formula is C13H24ClN3O2. The van der Waals surface area contributed by atoms with E-state index in [9.17, 15) is 4.79 Å². The van der Waals surface area contributed by atoms with Crippen molar-refractivity contribution in [1.29, 1.82) is 0 Å². The predicted molar refractivity (Wildman–Crippen MR) is 77.3 cm³/mol. The number of nitrogens with zero attached hydrogens (tertiary/aromatic N) is 2. The molecule has 1 rings (SSSR count). The first kappa shape index (κ1) is 17.9. The lowest BCUT2D eigenvalue weighted by Crippen LogP contribution is -2.35. The lowest BCUT2D eigenvalue weighted by Gasteiger charge is -2.21. The van der Waals surface area contributed by atoms with Crippen LogP contribution in [0.5, 0.6) is 0 Å². The largest absolute Gasteiger partial charge is 0.361 e. The van der Waals surface area contributed by atoms with Crippen LogP contribution in [0, 0.1) is 12.8 Å². The zero-order valence-corrected chi connectivity index (χ0v) is 12.9. The molecule has 0 aliphatic carbocycles. The van der Waals surface area contributed by atoms with Crippen LogP contribution >= 0.6 is 12.4 Å². The molecule has 1 atom stereocenters. The topological polar surface area (TPSA) is 72.4 Å². The molecule has 1 unspecified atom stereocenters. The highest BCUT2D eigenvalue weighted by atomic mass is 35.5. The second-order valence-electron chi connectivity index (χ2n) is 5.12. The second kappa shape index (κ2) is 8.17. The first-order valence-corrected chi connectivity index (χ1v) is 6.32. The average Bonchev–Trinajstić information content (AvgIpc) is 2.70. The van der Waals surface area contributed by atoms with Crippen molar-refractivity contribution in [3.8, 4) is 0 Å². The van der Waals surface area contributed by atoms with Crippen molar-refractivity contribution in [2.75, 3.05) is 13.6 Å². The third kappa shape index (κ3) is 6.07. The first-order valence-electron chi connectivity index (χ1n) is 6.32. The predicted octanol–water partition coefficient (Wildman–Crippen LogP) is 1.78. The molecule has 5 nitrogen and oxygen atoms in total. The van der Waals surface area contributed by atoms with E-state index in [0.717, 1.165) is 12.2 Å². The number of aromatic nitrogens is 1. The minimum absolute atomic E-state index is 0. The number of amides is 1. The monoisotopic (exact) mass is 289 g/mol. The molecule has 2 N–H and O–H groups in total. The summed E-state index contributed by atoms with van der Waals surface area (Å²) in [7, 11) is 1.79. The zero-order chi connectivity index (χ0) is 13.7. The van der Waals surface area contributed by atoms with Crippen LogP contribution < -0.4 is 5.73 Å². The van der Waals surface area contributed by atoms with Gasteiger partial charge in [-0.25, -0.2) is 0 Å². The van der Waals surface area contributed by atoms with E-state index in [1.165, 1.54) is 0 Å². The fraction of sp³-hybridized carbons (Fsp3) is 0.692. The van der Waals surface area contributed by atoms with E-state index in [1.54, 1.807) is 18.0 Å². The standard InChI is InChI=1S/C13H23N3O2.ClH/c1-9(2)12(14)5-6-16(4)13(17)8-11-7-10(3)18-15-11;/h7,9,12H,5-6,8,14H2,1-4H3;1H. The van der Waals surface area contributed by atoms with Gasteiger partial charge in [0, 0.05) is 25.7 Å². The van der Waals surface area contributed by atoms with Crippen LogP contribution in [-0.2, 0) is 11.2 Å². The van der Waals surface area contributed by atoms with Gasteiger partial charge in [0.25, 0.3) is 0 Å². The van der Waals surface area contributed by atoms with Crippen LogP contribution in [0.3, 0.4) is 0 Å². The van der Waals surface area contributed by atoms with Gasteiger partial charge in [-0.3, -0.25) is 4.79 Å². The maximum Gasteiger partial charge on any atom is 0.228 e. The third-order valence-electron chi connectivity index (χ3n) is 3.09. The summed E-state index contributed by atoms with van der Waals surface area (Å²) in [5, 5.41) is 3.81. The van der Waals surface area contributed by atoms with Gasteiger partial charge in [-0.1, -0.05) is 19.0 Å². The maximum absolute atomic E-state index is 11.9. The Morgan fingerprint density at radius 1 is 1.53 bits per heavy atom. The molecule has 1 aromatic rings. The number of likely N-dealkylation sites (N-methyl/N-ethyl adjacent to an activating group) is 1. The summed E-state index contributed by atoms with van der Waals surface area (Å²) in [6.45, 7) is 6.66. The summed E-state index contributed by atoms with van der Waals surface area (Å²) in [6.07, 6.45) is 1.10. The summed E-state index contributed by atoms with van der Waals surface area (Å²) in [5.74, 6) is 1.20. The van der Waals surface area contributed by atoms with E-state index < -0.39 is 0 Å². The molecule has 0 aromatic carbocycles. The molecule has 0 fully saturated rings. The molecule has 0 spiro atoms. The van der Waals surface area contributed by atoms with Gasteiger partial charge in [0.05, 0.1) is 12.1 Å². The molecule has 1 heterocycles. The van der Waals surface area contributed by atoms with Gasteiger partial charge in [0.15, 0.2) is 0 Å². The number of carbonyl (C=O) groups is 1. The van der Waals surface area contributed by atoms with Crippen LogP contribution in [0.2, 0.25) is 0 Å². The number of halogens is 1. The van der Waals surface area contributed by atoms with Crippen molar-refractivity contribution >= 4 is 18.3 Å². The van der Waals surface area contributed by atoms with Gasteiger partial charge in [-0.05, 0) is 19.3 Å². The van der Waals surface area contributed by atoms with E-state index in [2.05, 4.69) is 19.0 Å². The Balaban J connectivity index is 0.00000324. The van der Waals surface area contributed by atoms with E-state index in [0.29, 0.717) is 18.2 Å². The van der Waals surface area contributed by atoms with Crippen molar-refractivity contribution in [3.05, 3.63) is 17.5 Å². The smallest absolute Gasteiger partial charge is 0.228 e. The Morgan fingerprint density at radius 3 is 2.63 bits per heavy atom. The van der Waals surface area contributed by atoms with Crippen LogP contribution in [0.15, 0.2) is 10.6 Å². The lowest BCUT2D eigenvalue weighted by atomic mass is 10.0. The van der Waals surface area contributed by atoms with Crippen LogP contribution in [-0.4, -0.2) is 35.6 Å². The van der Waals surface area contributed by atoms with Gasteiger partial charge >= 0.3 is 0 Å². The Morgan fingerprint density at radius 2 is 2.16 bits per heavy atom. The molecule has 0 saturated carbocycles. The molecule has 6 heteroatoms. The summed E-state index contributed by atoms with van der Waals surface area (Å²) in [6, 6.07) is 1.92. The summed E-state index contributed by atoms with van der Waals surface area (Å²) >= 11 is 0. The Labute approximate surface area is 120 Å². The van der Waals surface area contributed by atoms with Crippen LogP contribution in [0.4, 0.5) is 0 Å². The molecule has 110 valence electrons. The molecular weight excluding hydrogens is 266 g/mol. The number of carbonyl (C=O) groups excluding carboxylic acids is 1. The number of hydrogen-bond acceptors (Lipinski definition) is 4. The third-order valence-corrected chi connectivity index (χ3v) is 3.09. The van der Waals surface area contributed by atoms with Crippen LogP contribution in [0.1, 0.15) is 31.7 Å². The Bertz CT molecular complexity index is 393. The average molecular weight is 290 g/mol. The van der Waals surface area contributed by atoms with Crippen molar-refractivity contribution in [3.63, 3.8) is 0 Å². The summed E-state index contributed by atoms with van der Waals surface area (Å²) < 4.78 is 4.93. The van der Waals surface area contributed by atoms with Gasteiger partial charge in [0.1, 0.15) is 5.76 Å². The number of nitrogens with two attached hydrogens (primary N) is 1. The Hall–Kier alpha value is -1.07. The molecule has 19 heavy (non-hydrogen) atoms. The number of hydrogen-bond donors (Lipinski definition) is 1. The fourth-order valence-electron chi connectivity index (χ4n) is 1.59. The van der Waals surface area contributed by atoms with Crippen molar-refractivity contribution < 1.29 is 9.32 Å². The van der Waals surface area contributed by atoms with Crippen molar-refractivity contribution in [2.45, 2.75) is 39.7 Å². The Kier molecular flexibility index (Phi) is 7.71. The highest BCUT2D eigenvalue weighted by Crippen LogP contribution is 2.06. The maximum atomic E-state index is 11.9. The van der Waals surface area contributed by atoms with E-state index in [-0.39, 0.29) is 30.8 Å². The quantitative estimate of drug-likeness (QED) is 0.866. The summed E-state index contributed by atoms with van der Waals surface area (Å²) in [4.78, 5) is 13.6. The van der Waals surface area contributed by atoms with E-state index in [4.69, 9.17) is 10.3 Å². The zero-order valence-electron chi connectivity index (χ0n) is 12.0. The van der Waals surface area contributed by atoms with Gasteiger partial charge in [-0.2, -0.15) is 0 Å². The second-order valence-corrected chi connectivity index (χ2v) is 5.12. The number of rotatable bonds is 6. The van der Waals surface area contributed by atoms with Gasteiger partial charge < -0.3 is 15.2 Å². The highest BCUT2D eigenvalue weighted by Gasteiger charge is 2.14. The van der Waals surface area contributed by atoms with Crippen molar-refractivity contribution in [1.82, 2.24) is 10.1 Å². The normalized spacial score (nSPS) is 12.1. The molecule has 1 aromatic heterocycles. The van der Waals surface area contributed by atoms with Gasteiger partial charge in [-0.15, -0.1) is 12.4 Å². The molecule has 1 amide bonds. The van der Waals surface area contributed by atoms with E-state index in [1.807, 2.05) is 6.92 Å². The molecule has 0 bridgehead atoms. The van der Waals surface area contributed by atoms with Gasteiger partial charge in [0.2, 0.25) is 5.91 Å². The number of aryl methyl sites for hydroxylation is 1. The minimum Gasteiger partial charge on any atom is -0.361 e.